The van der Waals surface area contributed by atoms with E-state index < -0.39 is 23.3 Å². The number of imide groups is 2. The number of urea groups is 1. The second kappa shape index (κ2) is 6.57. The van der Waals surface area contributed by atoms with E-state index in [9.17, 15) is 14.4 Å². The van der Waals surface area contributed by atoms with Crippen LogP contribution < -0.4 is 15.1 Å². The van der Waals surface area contributed by atoms with E-state index in [1.165, 1.54) is 0 Å². The van der Waals surface area contributed by atoms with Gasteiger partial charge in [0.1, 0.15) is 0 Å². The molecule has 0 saturated carbocycles. The monoisotopic (exact) mass is 419 g/mol. The zero-order valence-corrected chi connectivity index (χ0v) is 16.9. The van der Waals surface area contributed by atoms with Gasteiger partial charge >= 0.3 is 6.03 Å². The molecule has 0 aliphatic carbocycles. The second-order valence-electron chi connectivity index (χ2n) is 7.78. The van der Waals surface area contributed by atoms with Crippen LogP contribution >= 0.6 is 11.6 Å². The summed E-state index contributed by atoms with van der Waals surface area (Å²) in [5, 5.41) is 4.82. The lowest BCUT2D eigenvalue weighted by atomic mass is 9.73. The highest BCUT2D eigenvalue weighted by molar-refractivity contribution is 6.33. The van der Waals surface area contributed by atoms with Gasteiger partial charge in [-0.25, -0.2) is 9.69 Å². The third kappa shape index (κ3) is 2.60. The topological polar surface area (TPSA) is 69.7 Å². The number of carbonyl (C=O) groups excluding carboxylic acids is 3. The van der Waals surface area contributed by atoms with Crippen molar-refractivity contribution in [3.63, 3.8) is 0 Å². The van der Waals surface area contributed by atoms with Crippen molar-refractivity contribution in [2.24, 2.45) is 5.41 Å². The average molecular weight is 420 g/mol. The minimum absolute atomic E-state index is 0.174. The van der Waals surface area contributed by atoms with Gasteiger partial charge in [-0.15, -0.1) is 0 Å². The number of nitrogens with zero attached hydrogens (tertiary/aromatic N) is 2. The number of nitrogens with one attached hydrogen (secondary N) is 1. The molecular weight excluding hydrogens is 402 g/mol. The van der Waals surface area contributed by atoms with Gasteiger partial charge in [0.15, 0.2) is 5.41 Å². The van der Waals surface area contributed by atoms with Crippen molar-refractivity contribution < 1.29 is 14.4 Å². The number of amides is 4. The summed E-state index contributed by atoms with van der Waals surface area (Å²) in [5.41, 5.74) is 0.822. The van der Waals surface area contributed by atoms with Gasteiger partial charge in [-0.05, 0) is 40.6 Å². The molecule has 4 amide bonds. The number of fused-ring (bicyclic) bond motifs is 3. The molecule has 5 rings (SSSR count). The third-order valence-corrected chi connectivity index (χ3v) is 6.18. The summed E-state index contributed by atoms with van der Waals surface area (Å²) in [6, 6.07) is 17.7. The Bertz CT molecular complexity index is 1240. The standard InChI is InChI=1S/C23H18ClN3O3/c1-26-13-23(12-18-17-8-3-2-5-14(17)9-10-19(18)26)20(28)25-22(30)27(21(23)29)16-7-4-6-15(24)11-16/h2-11H,12-13H2,1H3,(H,25,28,30). The van der Waals surface area contributed by atoms with Crippen LogP contribution in [0, 0.1) is 5.41 Å². The van der Waals surface area contributed by atoms with E-state index in [4.69, 9.17) is 11.6 Å². The van der Waals surface area contributed by atoms with Crippen LogP contribution in [-0.2, 0) is 16.0 Å². The lowest BCUT2D eigenvalue weighted by molar-refractivity contribution is -0.142. The fourth-order valence-corrected chi connectivity index (χ4v) is 4.72. The molecule has 2 heterocycles. The molecule has 7 heteroatoms. The maximum absolute atomic E-state index is 13.7. The van der Waals surface area contributed by atoms with Crippen molar-refractivity contribution >= 4 is 51.6 Å². The quantitative estimate of drug-likeness (QED) is 0.610. The highest BCUT2D eigenvalue weighted by atomic mass is 35.5. The van der Waals surface area contributed by atoms with E-state index in [0.29, 0.717) is 10.7 Å². The molecule has 0 aromatic heterocycles. The van der Waals surface area contributed by atoms with Crippen LogP contribution in [0.4, 0.5) is 16.2 Å². The van der Waals surface area contributed by atoms with Crippen LogP contribution in [-0.4, -0.2) is 31.4 Å². The van der Waals surface area contributed by atoms with Gasteiger partial charge in [0, 0.05) is 30.7 Å². The zero-order valence-electron chi connectivity index (χ0n) is 16.2. The maximum Gasteiger partial charge on any atom is 0.335 e. The molecule has 1 N–H and O–H groups in total. The first-order chi connectivity index (χ1) is 14.4. The van der Waals surface area contributed by atoms with Crippen molar-refractivity contribution in [3.8, 4) is 0 Å². The number of rotatable bonds is 1. The largest absolute Gasteiger partial charge is 0.373 e. The van der Waals surface area contributed by atoms with Crippen molar-refractivity contribution in [2.75, 3.05) is 23.4 Å². The molecule has 1 spiro atoms. The van der Waals surface area contributed by atoms with Gasteiger partial charge in [0.2, 0.25) is 5.91 Å². The Morgan fingerprint density at radius 1 is 1.00 bits per heavy atom. The average Bonchev–Trinajstić information content (AvgIpc) is 2.72. The second-order valence-corrected chi connectivity index (χ2v) is 8.22. The summed E-state index contributed by atoms with van der Waals surface area (Å²) in [6.45, 7) is 0.174. The first kappa shape index (κ1) is 18.6. The number of anilines is 2. The first-order valence-electron chi connectivity index (χ1n) is 9.58. The van der Waals surface area contributed by atoms with Crippen LogP contribution in [0.15, 0.2) is 60.7 Å². The van der Waals surface area contributed by atoms with Gasteiger partial charge in [-0.3, -0.25) is 14.9 Å². The number of barbiturate groups is 1. The molecule has 150 valence electrons. The Morgan fingerprint density at radius 3 is 2.60 bits per heavy atom. The van der Waals surface area contributed by atoms with Gasteiger partial charge in [0.05, 0.1) is 5.69 Å². The molecule has 2 aliphatic heterocycles. The molecule has 1 unspecified atom stereocenters. The number of hydrogen-bond acceptors (Lipinski definition) is 4. The Hall–Kier alpha value is -3.38. The van der Waals surface area contributed by atoms with Gasteiger partial charge in [0.25, 0.3) is 5.91 Å². The Kier molecular flexibility index (Phi) is 4.08. The van der Waals surface area contributed by atoms with E-state index in [-0.39, 0.29) is 13.0 Å². The number of hydrogen-bond donors (Lipinski definition) is 1. The molecule has 1 fully saturated rings. The van der Waals surface area contributed by atoms with E-state index in [1.54, 1.807) is 24.3 Å². The van der Waals surface area contributed by atoms with E-state index in [1.807, 2.05) is 48.3 Å². The molecular formula is C23H18ClN3O3. The minimum atomic E-state index is -1.41. The van der Waals surface area contributed by atoms with Crippen molar-refractivity contribution in [2.45, 2.75) is 6.42 Å². The summed E-state index contributed by atoms with van der Waals surface area (Å²) in [6.07, 6.45) is 0.211. The molecule has 1 saturated heterocycles. The maximum atomic E-state index is 13.7. The molecule has 3 aromatic rings. The van der Waals surface area contributed by atoms with E-state index >= 15 is 0 Å². The zero-order chi connectivity index (χ0) is 21.0. The Morgan fingerprint density at radius 2 is 1.80 bits per heavy atom. The number of benzene rings is 3. The normalized spacial score (nSPS) is 21.2. The van der Waals surface area contributed by atoms with Crippen LogP contribution in [0.25, 0.3) is 10.8 Å². The van der Waals surface area contributed by atoms with Crippen molar-refractivity contribution in [3.05, 3.63) is 71.2 Å². The van der Waals surface area contributed by atoms with Crippen LogP contribution in [0.2, 0.25) is 5.02 Å². The summed E-state index contributed by atoms with van der Waals surface area (Å²) in [7, 11) is 1.86. The van der Waals surface area contributed by atoms with Gasteiger partial charge in [-0.1, -0.05) is 48.0 Å². The smallest absolute Gasteiger partial charge is 0.335 e. The van der Waals surface area contributed by atoms with Crippen molar-refractivity contribution in [1.82, 2.24) is 5.32 Å². The predicted octanol–water partition coefficient (Wildman–Crippen LogP) is 3.75. The molecule has 6 nitrogen and oxygen atoms in total. The fourth-order valence-electron chi connectivity index (χ4n) is 4.54. The molecule has 2 aliphatic rings. The summed E-state index contributed by atoms with van der Waals surface area (Å²) < 4.78 is 0. The van der Waals surface area contributed by atoms with Crippen molar-refractivity contribution in [1.29, 1.82) is 0 Å². The number of halogens is 1. The van der Waals surface area contributed by atoms with Crippen LogP contribution in [0.1, 0.15) is 5.56 Å². The highest BCUT2D eigenvalue weighted by Gasteiger charge is 2.57. The van der Waals surface area contributed by atoms with E-state index in [2.05, 4.69) is 5.32 Å². The van der Waals surface area contributed by atoms with Crippen LogP contribution in [0.3, 0.4) is 0 Å². The molecule has 30 heavy (non-hydrogen) atoms. The van der Waals surface area contributed by atoms with E-state index in [0.717, 1.165) is 26.9 Å². The summed E-state index contributed by atoms with van der Waals surface area (Å²) in [4.78, 5) is 42.3. The Labute approximate surface area is 178 Å². The molecule has 0 radical (unpaired) electrons. The summed E-state index contributed by atoms with van der Waals surface area (Å²) >= 11 is 6.08. The lowest BCUT2D eigenvalue weighted by Crippen LogP contribution is -2.68. The lowest BCUT2D eigenvalue weighted by Gasteiger charge is -2.45. The number of carbonyl (C=O) groups is 3. The van der Waals surface area contributed by atoms with Gasteiger partial charge < -0.3 is 4.90 Å². The molecule has 0 bridgehead atoms. The SMILES string of the molecule is CN1CC2(Cc3c1ccc1ccccc31)C(=O)NC(=O)N(c1cccc(Cl)c1)C2=O. The Balaban J connectivity index is 1.66. The fraction of sp³-hybridized carbons (Fsp3) is 0.174. The predicted molar refractivity (Wildman–Crippen MR) is 116 cm³/mol. The first-order valence-corrected chi connectivity index (χ1v) is 9.96. The summed E-state index contributed by atoms with van der Waals surface area (Å²) in [5.74, 6) is -1.11. The highest BCUT2D eigenvalue weighted by Crippen LogP contribution is 2.43. The molecule has 3 aromatic carbocycles. The third-order valence-electron chi connectivity index (χ3n) is 5.95. The van der Waals surface area contributed by atoms with Gasteiger partial charge in [-0.2, -0.15) is 0 Å². The van der Waals surface area contributed by atoms with Crippen LogP contribution in [0.5, 0.6) is 0 Å². The minimum Gasteiger partial charge on any atom is -0.373 e. The molecule has 1 atom stereocenters.